The summed E-state index contributed by atoms with van der Waals surface area (Å²) < 4.78 is 1.82. The van der Waals surface area contributed by atoms with Crippen LogP contribution in [-0.4, -0.2) is 20.0 Å². The number of rotatable bonds is 3. The minimum absolute atomic E-state index is 0.604. The van der Waals surface area contributed by atoms with Gasteiger partial charge >= 0.3 is 0 Å². The summed E-state index contributed by atoms with van der Waals surface area (Å²) in [6, 6.07) is 0. The molecule has 5 nitrogen and oxygen atoms in total. The van der Waals surface area contributed by atoms with E-state index in [0.29, 0.717) is 17.6 Å². The molecule has 2 heterocycles. The van der Waals surface area contributed by atoms with Crippen LogP contribution in [0.1, 0.15) is 30.1 Å². The van der Waals surface area contributed by atoms with Gasteiger partial charge in [0, 0.05) is 17.5 Å². The summed E-state index contributed by atoms with van der Waals surface area (Å²) in [4.78, 5) is 4.18. The van der Waals surface area contributed by atoms with Gasteiger partial charge in [-0.15, -0.1) is 16.4 Å². The first-order valence-electron chi connectivity index (χ1n) is 4.91. The topological polar surface area (TPSA) is 69.6 Å². The fourth-order valence-corrected chi connectivity index (χ4v) is 2.07. The molecule has 0 aromatic carbocycles. The third-order valence-electron chi connectivity index (χ3n) is 2.45. The molecular weight excluding hydrogens is 210 g/mol. The molecule has 0 amide bonds. The van der Waals surface area contributed by atoms with E-state index in [1.54, 1.807) is 0 Å². The predicted molar refractivity (Wildman–Crippen MR) is 57.6 cm³/mol. The smallest absolute Gasteiger partial charge is 0.180 e. The average molecular weight is 221 g/mol. The second-order valence-corrected chi connectivity index (χ2v) is 4.68. The summed E-state index contributed by atoms with van der Waals surface area (Å²) in [6.07, 6.45) is 4.51. The summed E-state index contributed by atoms with van der Waals surface area (Å²) in [5.74, 6) is 0.652. The first-order valence-corrected chi connectivity index (χ1v) is 5.79. The minimum atomic E-state index is 0.604. The maximum atomic E-state index is 5.56. The first-order chi connectivity index (χ1) is 7.31. The lowest BCUT2D eigenvalue weighted by Crippen LogP contribution is -2.00. The lowest BCUT2D eigenvalue weighted by Gasteiger charge is -1.94. The number of nitrogens with two attached hydrogens (primary N) is 1. The van der Waals surface area contributed by atoms with Gasteiger partial charge in [-0.1, -0.05) is 5.21 Å². The van der Waals surface area contributed by atoms with Crippen LogP contribution in [-0.2, 0) is 6.54 Å². The molecule has 6 heteroatoms. The molecule has 1 fully saturated rings. The first kappa shape index (κ1) is 8.84. The second kappa shape index (κ2) is 3.30. The van der Waals surface area contributed by atoms with Gasteiger partial charge in [0.25, 0.3) is 0 Å². The van der Waals surface area contributed by atoms with E-state index in [2.05, 4.69) is 15.3 Å². The Morgan fingerprint density at radius 2 is 2.40 bits per heavy atom. The van der Waals surface area contributed by atoms with Gasteiger partial charge in [0.15, 0.2) is 5.13 Å². The van der Waals surface area contributed by atoms with Crippen molar-refractivity contribution in [3.05, 3.63) is 23.0 Å². The molecular formula is C9H11N5S. The number of thiazole rings is 1. The number of nitrogens with zero attached hydrogens (tertiary/aromatic N) is 4. The molecule has 3 rings (SSSR count). The van der Waals surface area contributed by atoms with Gasteiger partial charge in [-0.05, 0) is 12.8 Å². The highest BCUT2D eigenvalue weighted by atomic mass is 32.1. The fourth-order valence-electron chi connectivity index (χ4n) is 1.52. The van der Waals surface area contributed by atoms with Crippen LogP contribution >= 0.6 is 11.3 Å². The van der Waals surface area contributed by atoms with E-state index in [1.807, 2.05) is 16.3 Å². The summed E-state index contributed by atoms with van der Waals surface area (Å²) in [5.41, 5.74) is 7.62. The van der Waals surface area contributed by atoms with E-state index < -0.39 is 0 Å². The van der Waals surface area contributed by atoms with Crippen LogP contribution < -0.4 is 5.73 Å². The third-order valence-corrected chi connectivity index (χ3v) is 3.17. The normalized spacial score (nSPS) is 15.7. The third kappa shape index (κ3) is 1.85. The number of hydrogen-bond donors (Lipinski definition) is 1. The van der Waals surface area contributed by atoms with Crippen LogP contribution in [0.4, 0.5) is 5.13 Å². The summed E-state index contributed by atoms with van der Waals surface area (Å²) in [5, 5.41) is 10.8. The van der Waals surface area contributed by atoms with Crippen molar-refractivity contribution in [1.29, 1.82) is 0 Å². The maximum absolute atomic E-state index is 5.56. The largest absolute Gasteiger partial charge is 0.375 e. The molecule has 0 radical (unpaired) electrons. The lowest BCUT2D eigenvalue weighted by atomic mass is 10.3. The SMILES string of the molecule is Nc1nc(Cn2cc(C3CC3)nn2)cs1. The molecule has 0 saturated heterocycles. The molecule has 1 aliphatic carbocycles. The van der Waals surface area contributed by atoms with Crippen LogP contribution in [0.2, 0.25) is 0 Å². The number of hydrogen-bond acceptors (Lipinski definition) is 5. The lowest BCUT2D eigenvalue weighted by molar-refractivity contribution is 0.641. The Kier molecular flexibility index (Phi) is 1.95. The Morgan fingerprint density at radius 3 is 3.07 bits per heavy atom. The van der Waals surface area contributed by atoms with Crippen molar-refractivity contribution in [1.82, 2.24) is 20.0 Å². The van der Waals surface area contributed by atoms with Gasteiger partial charge in [-0.3, -0.25) is 0 Å². The molecule has 2 aromatic rings. The minimum Gasteiger partial charge on any atom is -0.375 e. The van der Waals surface area contributed by atoms with Crippen LogP contribution in [0.25, 0.3) is 0 Å². The van der Waals surface area contributed by atoms with E-state index in [9.17, 15) is 0 Å². The predicted octanol–water partition coefficient (Wildman–Crippen LogP) is 1.24. The fraction of sp³-hybridized carbons (Fsp3) is 0.444. The van der Waals surface area contributed by atoms with E-state index >= 15 is 0 Å². The van der Waals surface area contributed by atoms with Gasteiger partial charge in [-0.2, -0.15) is 0 Å². The van der Waals surface area contributed by atoms with Gasteiger partial charge in [0.2, 0.25) is 0 Å². The number of aromatic nitrogens is 4. The summed E-state index contributed by atoms with van der Waals surface area (Å²) >= 11 is 1.45. The van der Waals surface area contributed by atoms with E-state index in [1.165, 1.54) is 24.2 Å². The van der Waals surface area contributed by atoms with Crippen LogP contribution in [0.5, 0.6) is 0 Å². The monoisotopic (exact) mass is 221 g/mol. The molecule has 0 bridgehead atoms. The standard InChI is InChI=1S/C9H11N5S/c10-9-11-7(5-15-9)3-14-4-8(12-13-14)6-1-2-6/h4-6H,1-3H2,(H2,10,11). The van der Waals surface area contributed by atoms with Crippen LogP contribution in [0, 0.1) is 0 Å². The summed E-state index contributed by atoms with van der Waals surface area (Å²) in [7, 11) is 0. The van der Waals surface area contributed by atoms with Crippen molar-refractivity contribution >= 4 is 16.5 Å². The zero-order valence-corrected chi connectivity index (χ0v) is 8.94. The van der Waals surface area contributed by atoms with Gasteiger partial charge in [-0.25, -0.2) is 9.67 Å². The molecule has 2 aromatic heterocycles. The molecule has 0 unspecified atom stereocenters. The highest BCUT2D eigenvalue weighted by molar-refractivity contribution is 7.13. The van der Waals surface area contributed by atoms with Crippen molar-refractivity contribution in [3.8, 4) is 0 Å². The van der Waals surface area contributed by atoms with Crippen molar-refractivity contribution in [2.24, 2.45) is 0 Å². The molecule has 1 aliphatic rings. The second-order valence-electron chi connectivity index (χ2n) is 3.79. The molecule has 15 heavy (non-hydrogen) atoms. The number of anilines is 1. The van der Waals surface area contributed by atoms with Crippen LogP contribution in [0.15, 0.2) is 11.6 Å². The van der Waals surface area contributed by atoms with E-state index in [0.717, 1.165) is 11.4 Å². The van der Waals surface area contributed by atoms with Gasteiger partial charge in [0.05, 0.1) is 17.9 Å². The zero-order valence-electron chi connectivity index (χ0n) is 8.13. The quantitative estimate of drug-likeness (QED) is 0.846. The Labute approximate surface area is 90.9 Å². The van der Waals surface area contributed by atoms with E-state index in [-0.39, 0.29) is 0 Å². The molecule has 0 spiro atoms. The Hall–Kier alpha value is -1.43. The molecule has 1 saturated carbocycles. The molecule has 0 aliphatic heterocycles. The average Bonchev–Trinajstić information content (AvgIpc) is 2.84. The Bertz CT molecular complexity index is 470. The van der Waals surface area contributed by atoms with Crippen molar-refractivity contribution in [3.63, 3.8) is 0 Å². The number of nitrogen functional groups attached to an aromatic ring is 1. The van der Waals surface area contributed by atoms with Gasteiger partial charge in [0.1, 0.15) is 0 Å². The van der Waals surface area contributed by atoms with E-state index in [4.69, 9.17) is 5.73 Å². The van der Waals surface area contributed by atoms with Crippen molar-refractivity contribution < 1.29 is 0 Å². The summed E-state index contributed by atoms with van der Waals surface area (Å²) in [6.45, 7) is 0.660. The highest BCUT2D eigenvalue weighted by Gasteiger charge is 2.26. The Morgan fingerprint density at radius 1 is 1.53 bits per heavy atom. The van der Waals surface area contributed by atoms with Crippen molar-refractivity contribution in [2.75, 3.05) is 5.73 Å². The van der Waals surface area contributed by atoms with Crippen LogP contribution in [0.3, 0.4) is 0 Å². The molecule has 2 N–H and O–H groups in total. The maximum Gasteiger partial charge on any atom is 0.180 e. The van der Waals surface area contributed by atoms with Gasteiger partial charge < -0.3 is 5.73 Å². The highest BCUT2D eigenvalue weighted by Crippen LogP contribution is 2.38. The molecule has 0 atom stereocenters. The van der Waals surface area contributed by atoms with Crippen molar-refractivity contribution in [2.45, 2.75) is 25.3 Å². The zero-order chi connectivity index (χ0) is 10.3. The Balaban J connectivity index is 1.75. The molecule has 78 valence electrons.